The summed E-state index contributed by atoms with van der Waals surface area (Å²) in [6.45, 7) is 7.99. The maximum Gasteiger partial charge on any atom is 0.143 e. The summed E-state index contributed by atoms with van der Waals surface area (Å²) in [7, 11) is 0. The lowest BCUT2D eigenvalue weighted by Crippen LogP contribution is -2.15. The van der Waals surface area contributed by atoms with E-state index in [1.165, 1.54) is 77.1 Å². The van der Waals surface area contributed by atoms with Gasteiger partial charge in [0.05, 0.1) is 38.8 Å². The largest absolute Gasteiger partial charge is 0.324 e. The highest BCUT2D eigenvalue weighted by Crippen LogP contribution is 2.58. The molecule has 0 bridgehead atoms. The molecule has 11 rings (SSSR count). The molecule has 0 spiro atoms. The summed E-state index contributed by atoms with van der Waals surface area (Å²) >= 11 is 0. The van der Waals surface area contributed by atoms with E-state index in [2.05, 4.69) is 186 Å². The Balaban J connectivity index is 1.41. The van der Waals surface area contributed by atoms with Crippen LogP contribution in [0.5, 0.6) is 0 Å². The summed E-state index contributed by atoms with van der Waals surface area (Å²) in [5, 5.41) is 5.15. The molecule has 0 fully saturated rings. The smallest absolute Gasteiger partial charge is 0.143 e. The molecule has 0 amide bonds. The first-order valence-corrected chi connectivity index (χ1v) is 18.8. The number of aromatic nitrogens is 4. The average Bonchev–Trinajstić information content (AvgIpc) is 3.91. The summed E-state index contributed by atoms with van der Waals surface area (Å²) < 4.78 is 7.51. The SMILES string of the molecule is CCCn1c(-c2ccccc2-n2c3ccccc3c3c2c2c(c4c5ccccc5n(-c5ccccc5)c43)C(C)(C)c3ccccc3-2)nc2ccccc21. The summed E-state index contributed by atoms with van der Waals surface area (Å²) in [6, 6.07) is 55.5. The molecular formula is C49H38N4. The van der Waals surface area contributed by atoms with Crippen molar-refractivity contribution < 1.29 is 0 Å². The van der Waals surface area contributed by atoms with E-state index in [-0.39, 0.29) is 5.41 Å². The van der Waals surface area contributed by atoms with E-state index in [9.17, 15) is 0 Å². The van der Waals surface area contributed by atoms with Crippen molar-refractivity contribution in [3.63, 3.8) is 0 Å². The molecule has 4 nitrogen and oxygen atoms in total. The van der Waals surface area contributed by atoms with Gasteiger partial charge in [-0.05, 0) is 71.6 Å². The van der Waals surface area contributed by atoms with Crippen molar-refractivity contribution in [3.05, 3.63) is 163 Å². The van der Waals surface area contributed by atoms with Crippen LogP contribution in [0.1, 0.15) is 38.3 Å². The molecule has 4 heteroatoms. The fourth-order valence-corrected chi connectivity index (χ4v) is 9.64. The van der Waals surface area contributed by atoms with Crippen LogP contribution >= 0.6 is 0 Å². The summed E-state index contributed by atoms with van der Waals surface area (Å²) in [4.78, 5) is 5.34. The van der Waals surface area contributed by atoms with Gasteiger partial charge in [-0.3, -0.25) is 0 Å². The molecule has 0 aliphatic heterocycles. The van der Waals surface area contributed by atoms with E-state index in [0.717, 1.165) is 35.6 Å². The fraction of sp³-hybridized carbons (Fsp3) is 0.122. The number of fused-ring (bicyclic) bond motifs is 13. The van der Waals surface area contributed by atoms with E-state index < -0.39 is 0 Å². The molecule has 1 aliphatic carbocycles. The summed E-state index contributed by atoms with van der Waals surface area (Å²) in [5.41, 5.74) is 15.7. The first kappa shape index (κ1) is 30.3. The lowest BCUT2D eigenvalue weighted by molar-refractivity contribution is 0.667. The highest BCUT2D eigenvalue weighted by molar-refractivity contribution is 6.31. The molecule has 0 N–H and O–H groups in total. The topological polar surface area (TPSA) is 27.7 Å². The molecule has 0 saturated carbocycles. The zero-order valence-corrected chi connectivity index (χ0v) is 30.1. The van der Waals surface area contributed by atoms with Crippen LogP contribution < -0.4 is 0 Å². The van der Waals surface area contributed by atoms with Gasteiger partial charge < -0.3 is 13.7 Å². The zero-order chi connectivity index (χ0) is 35.4. The third-order valence-corrected chi connectivity index (χ3v) is 11.7. The third kappa shape index (κ3) is 3.98. The minimum atomic E-state index is -0.236. The van der Waals surface area contributed by atoms with Gasteiger partial charge in [-0.25, -0.2) is 4.98 Å². The van der Waals surface area contributed by atoms with Gasteiger partial charge in [0, 0.05) is 50.3 Å². The molecule has 7 aromatic carbocycles. The second-order valence-corrected chi connectivity index (χ2v) is 15.0. The monoisotopic (exact) mass is 682 g/mol. The van der Waals surface area contributed by atoms with Crippen molar-refractivity contribution in [2.24, 2.45) is 0 Å². The number of rotatable bonds is 5. The molecule has 3 aromatic heterocycles. The molecule has 254 valence electrons. The van der Waals surface area contributed by atoms with Crippen LogP contribution in [0.2, 0.25) is 0 Å². The number of imidazole rings is 1. The molecule has 0 radical (unpaired) electrons. The predicted molar refractivity (Wildman–Crippen MR) is 222 cm³/mol. The van der Waals surface area contributed by atoms with Gasteiger partial charge in [0.1, 0.15) is 5.82 Å². The second-order valence-electron chi connectivity index (χ2n) is 15.0. The first-order valence-electron chi connectivity index (χ1n) is 18.8. The van der Waals surface area contributed by atoms with Gasteiger partial charge in [0.15, 0.2) is 0 Å². The van der Waals surface area contributed by atoms with Crippen LogP contribution in [0.25, 0.3) is 88.5 Å². The number of aryl methyl sites for hydroxylation is 1. The summed E-state index contributed by atoms with van der Waals surface area (Å²) in [6.07, 6.45) is 1.02. The van der Waals surface area contributed by atoms with Gasteiger partial charge >= 0.3 is 0 Å². The number of nitrogens with zero attached hydrogens (tertiary/aromatic N) is 4. The maximum absolute atomic E-state index is 5.34. The molecular weight excluding hydrogens is 645 g/mol. The molecule has 0 saturated heterocycles. The Bertz CT molecular complexity index is 3100. The highest BCUT2D eigenvalue weighted by Gasteiger charge is 2.41. The Labute approximate surface area is 308 Å². The fourth-order valence-electron chi connectivity index (χ4n) is 9.64. The number of hydrogen-bond acceptors (Lipinski definition) is 1. The average molecular weight is 683 g/mol. The normalized spacial score (nSPS) is 13.5. The van der Waals surface area contributed by atoms with Crippen molar-refractivity contribution in [2.75, 3.05) is 0 Å². The van der Waals surface area contributed by atoms with Gasteiger partial charge in [-0.15, -0.1) is 0 Å². The summed E-state index contributed by atoms with van der Waals surface area (Å²) in [5.74, 6) is 1.01. The van der Waals surface area contributed by atoms with E-state index in [4.69, 9.17) is 4.98 Å². The zero-order valence-electron chi connectivity index (χ0n) is 30.1. The van der Waals surface area contributed by atoms with Crippen LogP contribution in [-0.2, 0) is 12.0 Å². The molecule has 3 heterocycles. The van der Waals surface area contributed by atoms with Crippen molar-refractivity contribution in [2.45, 2.75) is 39.2 Å². The Hall–Kier alpha value is -6.39. The van der Waals surface area contributed by atoms with Gasteiger partial charge in [-0.1, -0.05) is 124 Å². The lowest BCUT2D eigenvalue weighted by atomic mass is 9.80. The Morgan fingerprint density at radius 2 is 1.15 bits per heavy atom. The minimum absolute atomic E-state index is 0.236. The Kier molecular flexibility index (Phi) is 6.31. The van der Waals surface area contributed by atoms with Gasteiger partial charge in [0.2, 0.25) is 0 Å². The van der Waals surface area contributed by atoms with E-state index in [1.54, 1.807) is 0 Å². The number of benzene rings is 7. The maximum atomic E-state index is 5.34. The van der Waals surface area contributed by atoms with Gasteiger partial charge in [-0.2, -0.15) is 0 Å². The van der Waals surface area contributed by atoms with Crippen LogP contribution in [0.3, 0.4) is 0 Å². The van der Waals surface area contributed by atoms with Crippen molar-refractivity contribution >= 4 is 54.6 Å². The van der Waals surface area contributed by atoms with E-state index in [1.807, 2.05) is 0 Å². The van der Waals surface area contributed by atoms with Crippen molar-refractivity contribution in [3.8, 4) is 33.9 Å². The first-order chi connectivity index (χ1) is 26.1. The van der Waals surface area contributed by atoms with Crippen LogP contribution in [0, 0.1) is 0 Å². The number of hydrogen-bond donors (Lipinski definition) is 0. The van der Waals surface area contributed by atoms with E-state index >= 15 is 0 Å². The molecule has 0 unspecified atom stereocenters. The third-order valence-electron chi connectivity index (χ3n) is 11.7. The quantitative estimate of drug-likeness (QED) is 0.178. The highest BCUT2D eigenvalue weighted by atomic mass is 15.1. The van der Waals surface area contributed by atoms with Crippen molar-refractivity contribution in [1.29, 1.82) is 0 Å². The molecule has 10 aromatic rings. The lowest BCUT2D eigenvalue weighted by Gasteiger charge is -2.23. The van der Waals surface area contributed by atoms with E-state index in [0.29, 0.717) is 0 Å². The van der Waals surface area contributed by atoms with Crippen LogP contribution in [0.15, 0.2) is 152 Å². The molecule has 1 aliphatic rings. The Morgan fingerprint density at radius 3 is 1.92 bits per heavy atom. The standard InChI is InChI=1S/C49H38N4/c1-4-30-51-41-29-17-13-25-37(41)50-48(51)35-23-11-16-28-40(35)53-39-27-15-10-22-34(39)44-46-43(33-21-9-14-26-38(33)52(46)31-18-6-5-7-19-31)45-42(47(44)53)32-20-8-12-24-36(32)49(45,2)3/h5-29H,4,30H2,1-3H3. The predicted octanol–water partition coefficient (Wildman–Crippen LogP) is 12.6. The van der Waals surface area contributed by atoms with Crippen LogP contribution in [-0.4, -0.2) is 18.7 Å². The van der Waals surface area contributed by atoms with Crippen molar-refractivity contribution in [1.82, 2.24) is 18.7 Å². The second kappa shape index (κ2) is 11.1. The van der Waals surface area contributed by atoms with Gasteiger partial charge in [0.25, 0.3) is 0 Å². The minimum Gasteiger partial charge on any atom is -0.324 e. The number of para-hydroxylation sites is 6. The molecule has 0 atom stereocenters. The Morgan fingerprint density at radius 1 is 0.547 bits per heavy atom. The van der Waals surface area contributed by atoms with Crippen LogP contribution in [0.4, 0.5) is 0 Å². The molecule has 53 heavy (non-hydrogen) atoms.